The summed E-state index contributed by atoms with van der Waals surface area (Å²) in [5, 5.41) is 19.3. The Balaban J connectivity index is 0.000000303. The van der Waals surface area contributed by atoms with Gasteiger partial charge in [-0.1, -0.05) is 18.2 Å². The number of rotatable bonds is 7. The molecule has 1 aromatic rings. The number of hydrogen-bond acceptors (Lipinski definition) is 7. The minimum atomic E-state index is -0.892. The summed E-state index contributed by atoms with van der Waals surface area (Å²) in [6, 6.07) is 6.52. The molecule has 10 heteroatoms. The number of hydrogen-bond donors (Lipinski definition) is 2. The molecule has 0 radical (unpaired) electrons. The van der Waals surface area contributed by atoms with Crippen LogP contribution in [0.3, 0.4) is 0 Å². The number of para-hydroxylation sites is 1. The molecular weight excluding hydrogens is 394 g/mol. The number of methoxy groups -OCH3 is 1. The molecule has 0 aliphatic carbocycles. The standard InChI is InChI=1S/C15H14N2O4.C5H9NO3/c1-8-12(15(18)21-3)13(14-9(2)16(8)14)10-6-4-5-7-11(10)17(19)20;6-4(7)2-1-3-5(8)9/h4-7,13H,1-3H3;1-3H2,(H2,6,7)(H,8,9). The number of carboxylic acid groups (broad SMARTS) is 1. The van der Waals surface area contributed by atoms with Crippen molar-refractivity contribution in [2.45, 2.75) is 39.0 Å². The van der Waals surface area contributed by atoms with Gasteiger partial charge >= 0.3 is 11.9 Å². The number of ether oxygens (including phenoxy) is 1. The largest absolute Gasteiger partial charge is 0.481 e. The van der Waals surface area contributed by atoms with E-state index in [1.54, 1.807) is 18.2 Å². The van der Waals surface area contributed by atoms with Crippen molar-refractivity contribution < 1.29 is 29.2 Å². The van der Waals surface area contributed by atoms with Gasteiger partial charge in [-0.3, -0.25) is 19.7 Å². The zero-order chi connectivity index (χ0) is 22.6. The third-order valence-corrected chi connectivity index (χ3v) is 4.85. The zero-order valence-electron chi connectivity index (χ0n) is 16.9. The summed E-state index contributed by atoms with van der Waals surface area (Å²) < 4.78 is 4.84. The maximum Gasteiger partial charge on any atom is 0.336 e. The van der Waals surface area contributed by atoms with E-state index in [1.807, 2.05) is 18.7 Å². The molecule has 0 bridgehead atoms. The van der Waals surface area contributed by atoms with Crippen LogP contribution in [0.1, 0.15) is 44.6 Å². The van der Waals surface area contributed by atoms with Crippen LogP contribution in [0.2, 0.25) is 0 Å². The summed E-state index contributed by atoms with van der Waals surface area (Å²) in [4.78, 5) is 44.7. The minimum Gasteiger partial charge on any atom is -0.481 e. The number of nitro benzene ring substituents is 1. The fourth-order valence-electron chi connectivity index (χ4n) is 3.49. The number of esters is 1. The van der Waals surface area contributed by atoms with Crippen LogP contribution < -0.4 is 5.73 Å². The molecule has 1 atom stereocenters. The van der Waals surface area contributed by atoms with Crippen LogP contribution in [-0.4, -0.2) is 39.9 Å². The number of carbonyl (C=O) groups is 3. The van der Waals surface area contributed by atoms with Crippen molar-refractivity contribution in [1.82, 2.24) is 4.90 Å². The quantitative estimate of drug-likeness (QED) is 0.390. The summed E-state index contributed by atoms with van der Waals surface area (Å²) in [5.74, 6) is -2.20. The van der Waals surface area contributed by atoms with Crippen molar-refractivity contribution in [3.05, 3.63) is 62.6 Å². The van der Waals surface area contributed by atoms with E-state index in [1.165, 1.54) is 13.2 Å². The molecule has 10 nitrogen and oxygen atoms in total. The maximum absolute atomic E-state index is 12.1. The molecule has 3 N–H and O–H groups in total. The number of benzene rings is 1. The third-order valence-electron chi connectivity index (χ3n) is 4.85. The Hall–Kier alpha value is -3.69. The molecule has 160 valence electrons. The Morgan fingerprint density at radius 3 is 2.37 bits per heavy atom. The van der Waals surface area contributed by atoms with Gasteiger partial charge in [0.1, 0.15) is 0 Å². The van der Waals surface area contributed by atoms with Crippen molar-refractivity contribution >= 4 is 23.5 Å². The van der Waals surface area contributed by atoms with E-state index in [0.29, 0.717) is 17.6 Å². The van der Waals surface area contributed by atoms with Gasteiger partial charge in [0.25, 0.3) is 5.69 Å². The molecule has 0 aromatic heterocycles. The highest BCUT2D eigenvalue weighted by Crippen LogP contribution is 2.57. The van der Waals surface area contributed by atoms with Crippen LogP contribution in [0, 0.1) is 10.1 Å². The molecule has 2 aliphatic heterocycles. The Bertz CT molecular complexity index is 951. The van der Waals surface area contributed by atoms with Gasteiger partial charge in [0.2, 0.25) is 5.91 Å². The number of aliphatic carboxylic acids is 1. The van der Waals surface area contributed by atoms with E-state index in [4.69, 9.17) is 15.6 Å². The highest BCUT2D eigenvalue weighted by atomic mass is 16.6. The first-order valence-corrected chi connectivity index (χ1v) is 9.15. The Morgan fingerprint density at radius 2 is 1.83 bits per heavy atom. The summed E-state index contributed by atoms with van der Waals surface area (Å²) in [5.41, 5.74) is 8.55. The fraction of sp³-hybridized carbons (Fsp3) is 0.350. The highest BCUT2D eigenvalue weighted by Gasteiger charge is 2.51. The van der Waals surface area contributed by atoms with E-state index in [2.05, 4.69) is 0 Å². The van der Waals surface area contributed by atoms with Crippen molar-refractivity contribution in [1.29, 1.82) is 0 Å². The van der Waals surface area contributed by atoms with Crippen molar-refractivity contribution in [2.75, 3.05) is 7.11 Å². The molecule has 1 unspecified atom stereocenters. The van der Waals surface area contributed by atoms with Crippen LogP contribution in [0.25, 0.3) is 0 Å². The topological polar surface area (TPSA) is 153 Å². The van der Waals surface area contributed by atoms with E-state index in [9.17, 15) is 24.5 Å². The number of amides is 1. The first-order valence-electron chi connectivity index (χ1n) is 9.15. The maximum atomic E-state index is 12.1. The number of nitro groups is 1. The minimum absolute atomic E-state index is 0.0168. The second-order valence-corrected chi connectivity index (χ2v) is 6.76. The first-order chi connectivity index (χ1) is 14.1. The predicted octanol–water partition coefficient (Wildman–Crippen LogP) is 2.41. The van der Waals surface area contributed by atoms with Gasteiger partial charge in [0.05, 0.1) is 29.2 Å². The van der Waals surface area contributed by atoms with Gasteiger partial charge in [-0.25, -0.2) is 4.79 Å². The van der Waals surface area contributed by atoms with Crippen LogP contribution in [0.5, 0.6) is 0 Å². The van der Waals surface area contributed by atoms with Crippen LogP contribution in [0.4, 0.5) is 5.69 Å². The lowest BCUT2D eigenvalue weighted by molar-refractivity contribution is -0.385. The number of nitrogens with two attached hydrogens (primary N) is 1. The second-order valence-electron chi connectivity index (χ2n) is 6.76. The summed E-state index contributed by atoms with van der Waals surface area (Å²) in [7, 11) is 1.32. The molecule has 1 aromatic carbocycles. The monoisotopic (exact) mass is 417 g/mol. The normalized spacial score (nSPS) is 16.5. The fourth-order valence-corrected chi connectivity index (χ4v) is 3.49. The molecule has 2 aliphatic rings. The van der Waals surface area contributed by atoms with Gasteiger partial charge in [0, 0.05) is 35.9 Å². The van der Waals surface area contributed by atoms with Crippen molar-refractivity contribution in [2.24, 2.45) is 5.73 Å². The van der Waals surface area contributed by atoms with E-state index < -0.39 is 28.7 Å². The molecule has 1 amide bonds. The van der Waals surface area contributed by atoms with Gasteiger partial charge in [-0.05, 0) is 20.3 Å². The van der Waals surface area contributed by atoms with Crippen LogP contribution in [0.15, 0.2) is 46.9 Å². The molecule has 0 saturated carbocycles. The molecule has 3 rings (SSSR count). The van der Waals surface area contributed by atoms with Crippen molar-refractivity contribution in [3.63, 3.8) is 0 Å². The highest BCUT2D eigenvalue weighted by molar-refractivity contribution is 5.94. The van der Waals surface area contributed by atoms with Gasteiger partial charge < -0.3 is 20.5 Å². The molecular formula is C20H23N3O7. The smallest absolute Gasteiger partial charge is 0.336 e. The lowest BCUT2D eigenvalue weighted by atomic mass is 9.89. The number of nitrogens with zero attached hydrogens (tertiary/aromatic N) is 2. The Labute approximate surface area is 172 Å². The average molecular weight is 417 g/mol. The van der Waals surface area contributed by atoms with Crippen LogP contribution in [-0.2, 0) is 19.1 Å². The predicted molar refractivity (Wildman–Crippen MR) is 106 cm³/mol. The number of fused-ring (bicyclic) bond motifs is 1. The summed E-state index contributed by atoms with van der Waals surface area (Å²) in [6.45, 7) is 3.77. The Kier molecular flexibility index (Phi) is 6.93. The van der Waals surface area contributed by atoms with Gasteiger partial charge in [-0.2, -0.15) is 0 Å². The number of allylic oxidation sites excluding steroid dienone is 3. The number of carbonyl (C=O) groups excluding carboxylic acids is 2. The molecule has 2 heterocycles. The van der Waals surface area contributed by atoms with Crippen LogP contribution >= 0.6 is 0 Å². The van der Waals surface area contributed by atoms with Gasteiger partial charge in [-0.15, -0.1) is 0 Å². The number of carboxylic acids is 1. The van der Waals surface area contributed by atoms with E-state index in [0.717, 1.165) is 17.1 Å². The lowest BCUT2D eigenvalue weighted by Crippen LogP contribution is -2.13. The molecule has 30 heavy (non-hydrogen) atoms. The third kappa shape index (κ3) is 4.65. The zero-order valence-corrected chi connectivity index (χ0v) is 16.9. The van der Waals surface area contributed by atoms with Gasteiger partial charge in [0.15, 0.2) is 0 Å². The second kappa shape index (κ2) is 9.21. The molecule has 0 spiro atoms. The lowest BCUT2D eigenvalue weighted by Gasteiger charge is -2.13. The number of primary amides is 1. The van der Waals surface area contributed by atoms with Crippen molar-refractivity contribution in [3.8, 4) is 0 Å². The SMILES string of the molecule is COC(=O)C1=C(C)N2C(C)=C2C1c1ccccc1[N+](=O)[O-].NC(=O)CCCC(=O)O. The van der Waals surface area contributed by atoms with E-state index >= 15 is 0 Å². The molecule has 0 saturated heterocycles. The first kappa shape index (κ1) is 22.6. The summed E-state index contributed by atoms with van der Waals surface area (Å²) in [6.07, 6.45) is 0.514. The summed E-state index contributed by atoms with van der Waals surface area (Å²) >= 11 is 0. The Morgan fingerprint density at radius 1 is 1.20 bits per heavy atom. The molecule has 0 fully saturated rings. The van der Waals surface area contributed by atoms with E-state index in [-0.39, 0.29) is 18.5 Å². The average Bonchev–Trinajstić information content (AvgIpc) is 3.23.